The standard InChI is InChI=1S/C16H7F4N3OS3/c1-23-15(24)8-6(7-3-2-4-25-7)5-26-14(8)22-16(23)27-11-9(17)12(19)21-13(20)10(11)18/h2-5H,1H3. The van der Waals surface area contributed by atoms with Crippen LogP contribution in [-0.4, -0.2) is 14.5 Å². The molecule has 138 valence electrons. The Bertz CT molecular complexity index is 1210. The van der Waals surface area contributed by atoms with Crippen molar-refractivity contribution in [2.75, 3.05) is 0 Å². The topological polar surface area (TPSA) is 47.8 Å². The van der Waals surface area contributed by atoms with Crippen molar-refractivity contribution in [2.45, 2.75) is 10.1 Å². The first-order chi connectivity index (χ1) is 12.9. The summed E-state index contributed by atoms with van der Waals surface area (Å²) in [6.45, 7) is 0. The van der Waals surface area contributed by atoms with Crippen LogP contribution in [-0.2, 0) is 7.05 Å². The van der Waals surface area contributed by atoms with Crippen molar-refractivity contribution in [2.24, 2.45) is 7.05 Å². The molecule has 4 aromatic heterocycles. The van der Waals surface area contributed by atoms with E-state index in [0.717, 1.165) is 9.44 Å². The number of hydrogen-bond acceptors (Lipinski definition) is 6. The fourth-order valence-corrected chi connectivity index (χ4v) is 5.10. The van der Waals surface area contributed by atoms with Crippen molar-refractivity contribution in [1.82, 2.24) is 14.5 Å². The summed E-state index contributed by atoms with van der Waals surface area (Å²) >= 11 is 2.98. The van der Waals surface area contributed by atoms with E-state index in [4.69, 9.17) is 0 Å². The van der Waals surface area contributed by atoms with Gasteiger partial charge in [0.05, 0.1) is 10.3 Å². The van der Waals surface area contributed by atoms with Crippen molar-refractivity contribution in [3.05, 3.63) is 56.8 Å². The number of halogens is 4. The van der Waals surface area contributed by atoms with Crippen LogP contribution in [0.5, 0.6) is 0 Å². The Hall–Kier alpha value is -2.24. The van der Waals surface area contributed by atoms with Crippen LogP contribution in [0.1, 0.15) is 0 Å². The third-order valence-corrected chi connectivity index (χ3v) is 6.60. The van der Waals surface area contributed by atoms with Crippen molar-refractivity contribution in [3.8, 4) is 10.4 Å². The molecule has 0 saturated carbocycles. The molecule has 0 aromatic carbocycles. The lowest BCUT2D eigenvalue weighted by Gasteiger charge is -2.09. The molecule has 0 aliphatic heterocycles. The minimum Gasteiger partial charge on any atom is -0.290 e. The molecule has 4 heterocycles. The summed E-state index contributed by atoms with van der Waals surface area (Å²) < 4.78 is 55.5. The molecule has 0 unspecified atom stereocenters. The summed E-state index contributed by atoms with van der Waals surface area (Å²) in [5.41, 5.74) is 0.288. The first kappa shape index (κ1) is 18.1. The van der Waals surface area contributed by atoms with Crippen LogP contribution in [0.25, 0.3) is 20.7 Å². The molecule has 4 aromatic rings. The summed E-state index contributed by atoms with van der Waals surface area (Å²) in [5.74, 6) is -6.81. The predicted octanol–water partition coefficient (Wildman–Crippen LogP) is 4.83. The maximum absolute atomic E-state index is 13.9. The minimum atomic E-state index is -1.77. The van der Waals surface area contributed by atoms with Gasteiger partial charge in [-0.1, -0.05) is 6.07 Å². The number of hydrogen-bond donors (Lipinski definition) is 0. The molecule has 0 N–H and O–H groups in total. The summed E-state index contributed by atoms with van der Waals surface area (Å²) in [6.07, 6.45) is 0. The summed E-state index contributed by atoms with van der Waals surface area (Å²) in [5, 5.41) is 3.92. The van der Waals surface area contributed by atoms with Crippen LogP contribution in [0.4, 0.5) is 17.6 Å². The zero-order valence-corrected chi connectivity index (χ0v) is 15.7. The molecular weight excluding hydrogens is 422 g/mol. The van der Waals surface area contributed by atoms with Gasteiger partial charge in [0, 0.05) is 22.9 Å². The molecule has 0 atom stereocenters. The second-order valence-electron chi connectivity index (χ2n) is 5.32. The van der Waals surface area contributed by atoms with E-state index in [2.05, 4.69) is 9.97 Å². The summed E-state index contributed by atoms with van der Waals surface area (Å²) in [4.78, 5) is 19.9. The van der Waals surface area contributed by atoms with E-state index in [1.807, 2.05) is 17.5 Å². The second-order valence-corrected chi connectivity index (χ2v) is 8.10. The average Bonchev–Trinajstić information content (AvgIpc) is 3.30. The smallest absolute Gasteiger partial charge is 0.263 e. The molecule has 0 amide bonds. The van der Waals surface area contributed by atoms with Crippen LogP contribution in [0, 0.1) is 23.5 Å². The van der Waals surface area contributed by atoms with E-state index in [9.17, 15) is 22.4 Å². The molecule has 0 radical (unpaired) electrons. The molecule has 0 saturated heterocycles. The Balaban J connectivity index is 1.88. The lowest BCUT2D eigenvalue weighted by Crippen LogP contribution is -2.19. The number of thiophene rings is 2. The van der Waals surface area contributed by atoms with Crippen LogP contribution in [0.3, 0.4) is 0 Å². The van der Waals surface area contributed by atoms with Gasteiger partial charge in [-0.15, -0.1) is 22.7 Å². The Labute approximate surface area is 161 Å². The van der Waals surface area contributed by atoms with Crippen molar-refractivity contribution in [1.29, 1.82) is 0 Å². The van der Waals surface area contributed by atoms with E-state index in [-0.39, 0.29) is 5.16 Å². The van der Waals surface area contributed by atoms with Gasteiger partial charge in [0.1, 0.15) is 4.83 Å². The van der Waals surface area contributed by atoms with E-state index in [1.165, 1.54) is 29.7 Å². The first-order valence-electron chi connectivity index (χ1n) is 7.28. The highest BCUT2D eigenvalue weighted by Crippen LogP contribution is 2.36. The van der Waals surface area contributed by atoms with Gasteiger partial charge in [-0.25, -0.2) is 13.8 Å². The molecule has 27 heavy (non-hydrogen) atoms. The highest BCUT2D eigenvalue weighted by Gasteiger charge is 2.24. The van der Waals surface area contributed by atoms with Gasteiger partial charge in [0.25, 0.3) is 17.5 Å². The normalized spacial score (nSPS) is 11.4. The molecule has 0 bridgehead atoms. The quantitative estimate of drug-likeness (QED) is 0.266. The lowest BCUT2D eigenvalue weighted by molar-refractivity contribution is 0.383. The maximum Gasteiger partial charge on any atom is 0.263 e. The van der Waals surface area contributed by atoms with Gasteiger partial charge in [-0.05, 0) is 23.2 Å². The van der Waals surface area contributed by atoms with Crippen molar-refractivity contribution < 1.29 is 17.6 Å². The molecule has 4 rings (SSSR count). The Kier molecular flexibility index (Phi) is 4.52. The lowest BCUT2D eigenvalue weighted by atomic mass is 10.2. The summed E-state index contributed by atoms with van der Waals surface area (Å²) in [6, 6.07) is 3.71. The van der Waals surface area contributed by atoms with E-state index < -0.39 is 34.0 Å². The van der Waals surface area contributed by atoms with Gasteiger partial charge < -0.3 is 0 Å². The van der Waals surface area contributed by atoms with Gasteiger partial charge in [-0.2, -0.15) is 13.8 Å². The molecule has 0 aliphatic carbocycles. The first-order valence-corrected chi connectivity index (χ1v) is 9.86. The van der Waals surface area contributed by atoms with Crippen LogP contribution in [0.15, 0.2) is 37.7 Å². The number of fused-ring (bicyclic) bond motifs is 1. The summed E-state index contributed by atoms with van der Waals surface area (Å²) in [7, 11) is 1.37. The third kappa shape index (κ3) is 2.95. The van der Waals surface area contributed by atoms with Crippen molar-refractivity contribution >= 4 is 44.7 Å². The third-order valence-electron chi connectivity index (χ3n) is 3.71. The Morgan fingerprint density at radius 1 is 1.07 bits per heavy atom. The fraction of sp³-hybridized carbons (Fsp3) is 0.0625. The number of pyridine rings is 1. The van der Waals surface area contributed by atoms with E-state index in [0.29, 0.717) is 27.5 Å². The maximum atomic E-state index is 13.9. The zero-order valence-electron chi connectivity index (χ0n) is 13.3. The van der Waals surface area contributed by atoms with E-state index >= 15 is 0 Å². The van der Waals surface area contributed by atoms with Crippen LogP contribution >= 0.6 is 34.4 Å². The monoisotopic (exact) mass is 429 g/mol. The van der Waals surface area contributed by atoms with Crippen molar-refractivity contribution in [3.63, 3.8) is 0 Å². The number of nitrogens with zero attached hydrogens (tertiary/aromatic N) is 3. The van der Waals surface area contributed by atoms with Gasteiger partial charge >= 0.3 is 0 Å². The molecule has 0 aliphatic rings. The van der Waals surface area contributed by atoms with Crippen LogP contribution in [0.2, 0.25) is 0 Å². The van der Waals surface area contributed by atoms with Crippen LogP contribution < -0.4 is 5.56 Å². The number of rotatable bonds is 3. The largest absolute Gasteiger partial charge is 0.290 e. The number of aromatic nitrogens is 3. The zero-order chi connectivity index (χ0) is 19.3. The minimum absolute atomic E-state index is 0.102. The molecule has 4 nitrogen and oxygen atoms in total. The Morgan fingerprint density at radius 3 is 2.41 bits per heavy atom. The highest BCUT2D eigenvalue weighted by molar-refractivity contribution is 7.99. The average molecular weight is 429 g/mol. The van der Waals surface area contributed by atoms with Gasteiger partial charge in [-0.3, -0.25) is 9.36 Å². The predicted molar refractivity (Wildman–Crippen MR) is 96.4 cm³/mol. The SMILES string of the molecule is Cn1c(Sc2c(F)c(F)nc(F)c2F)nc2scc(-c3cccs3)c2c1=O. The van der Waals surface area contributed by atoms with E-state index in [1.54, 1.807) is 5.38 Å². The Morgan fingerprint density at radius 2 is 1.78 bits per heavy atom. The van der Waals surface area contributed by atoms with Gasteiger partial charge in [0.2, 0.25) is 0 Å². The second kappa shape index (κ2) is 6.73. The molecule has 0 spiro atoms. The molecule has 11 heteroatoms. The molecular formula is C16H7F4N3OS3. The molecule has 0 fully saturated rings. The highest BCUT2D eigenvalue weighted by atomic mass is 32.2. The van der Waals surface area contributed by atoms with Gasteiger partial charge in [0.15, 0.2) is 16.8 Å². The fourth-order valence-electron chi connectivity index (χ4n) is 2.41.